The summed E-state index contributed by atoms with van der Waals surface area (Å²) < 4.78 is 16.4. The molecule has 0 atom stereocenters. The smallest absolute Gasteiger partial charge is 0.662 e. The molecule has 3 aromatic heterocycles. The summed E-state index contributed by atoms with van der Waals surface area (Å²) in [6, 6.07) is 39.0. The van der Waals surface area contributed by atoms with Gasteiger partial charge in [0.15, 0.2) is 16.3 Å². The Morgan fingerprint density at radius 1 is 0.561 bits per heavy atom. The molecule has 1 N–H and O–H groups in total. The fraction of sp³-hybridized carbons (Fsp3) is 0.0698. The van der Waals surface area contributed by atoms with Gasteiger partial charge >= 0.3 is 51.4 Å². The second-order valence-corrected chi connectivity index (χ2v) is 14.9. The van der Waals surface area contributed by atoms with Gasteiger partial charge in [0.25, 0.3) is 6.47 Å². The molecular weight excluding hydrogens is 835 g/mol. The van der Waals surface area contributed by atoms with Crippen molar-refractivity contribution < 1.29 is 80.9 Å². The molecule has 0 spiro atoms. The summed E-state index contributed by atoms with van der Waals surface area (Å²) in [6.07, 6.45) is 0. The van der Waals surface area contributed by atoms with Crippen LogP contribution in [0.3, 0.4) is 0 Å². The average Bonchev–Trinajstić information content (AvgIpc) is 3.21. The quantitative estimate of drug-likeness (QED) is 0.0809. The largest absolute Gasteiger partial charge is 1.00 e. The fourth-order valence-electron chi connectivity index (χ4n) is 5.74. The molecule has 0 aliphatic carbocycles. The number of phenols is 1. The Hall–Kier alpha value is -2.91. The number of phenolic OH excluding ortho intramolecular Hbond substituents is 1. The first kappa shape index (κ1) is 46.8. The van der Waals surface area contributed by atoms with Crippen molar-refractivity contribution >= 4 is 152 Å². The monoisotopic (exact) mass is 865 g/mol. The van der Waals surface area contributed by atoms with Crippen LogP contribution in [0.4, 0.5) is 0 Å². The molecule has 0 unspecified atom stereocenters. The van der Waals surface area contributed by atoms with Gasteiger partial charge in [-0.1, -0.05) is 36.4 Å². The van der Waals surface area contributed by atoms with Gasteiger partial charge in [0.1, 0.15) is 17.2 Å². The second-order valence-electron chi connectivity index (χ2n) is 11.6. The molecule has 0 saturated heterocycles. The van der Waals surface area contributed by atoms with Gasteiger partial charge in [-0.05, 0) is 97.9 Å². The summed E-state index contributed by atoms with van der Waals surface area (Å²) in [4.78, 5) is 48.0. The van der Waals surface area contributed by atoms with Crippen LogP contribution in [0.15, 0.2) is 142 Å². The molecule has 9 nitrogen and oxygen atoms in total. The number of methoxy groups -OCH3 is 1. The van der Waals surface area contributed by atoms with E-state index in [-0.39, 0.29) is 131 Å². The zero-order valence-corrected chi connectivity index (χ0v) is 40.0. The fourth-order valence-corrected chi connectivity index (χ4v) is 9.04. The molecule has 0 amide bonds. The van der Waals surface area contributed by atoms with Crippen LogP contribution in [0.1, 0.15) is 6.92 Å². The molecule has 0 fully saturated rings. The summed E-state index contributed by atoms with van der Waals surface area (Å²) in [5.74, 6) is 1.79. The first-order valence-electron chi connectivity index (χ1n) is 16.7. The average molecular weight is 866 g/mol. The molecule has 0 bridgehead atoms. The number of carbonyl (C=O) groups is 1. The number of fused-ring (bicyclic) bond motifs is 6. The molecule has 9 aromatic rings. The minimum atomic E-state index is -0.181. The third-order valence-electron chi connectivity index (χ3n) is 8.25. The topological polar surface area (TPSA) is 139 Å². The third kappa shape index (κ3) is 11.2. The van der Waals surface area contributed by atoms with E-state index in [0.29, 0.717) is 12.0 Å². The molecule has 0 aliphatic rings. The van der Waals surface area contributed by atoms with E-state index in [0.717, 1.165) is 66.6 Å². The van der Waals surface area contributed by atoms with E-state index >= 15 is 0 Å². The summed E-state index contributed by atoms with van der Waals surface area (Å²) in [5, 5.41) is 22.3. The van der Waals surface area contributed by atoms with Crippen molar-refractivity contribution in [2.45, 2.75) is 6.92 Å². The standard InChI is InChI=1S/C15H12O2S.C14H10O2S.C13H8O2S.CH2O3.2K/c1-2-17-10-7-8-12-14(9-10)18-13-6-4-3-5-11(13)15(12)16;1-16-9-6-7-11-13(8-9)17-12-5-3-2-4-10(12)14(11)15;14-8-5-6-10-12(7-8)16-11-4-2-1-3-9(11)13(10)15;2-1-4-3;;/h3-9H,2H2,1H3;2-8H,1H3;1-7,14H;1,3H;;/q;;;;;+1/p-1. The maximum absolute atomic E-state index is 12.3. The van der Waals surface area contributed by atoms with Crippen LogP contribution < -0.4 is 82.4 Å². The Labute approximate surface area is 422 Å². The molecule has 0 aliphatic heterocycles. The summed E-state index contributed by atoms with van der Waals surface area (Å²) in [5.41, 5.74) is 0.226. The van der Waals surface area contributed by atoms with Crippen molar-refractivity contribution in [3.63, 3.8) is 0 Å². The molecule has 57 heavy (non-hydrogen) atoms. The minimum Gasteiger partial charge on any atom is -0.662 e. The van der Waals surface area contributed by atoms with Gasteiger partial charge in [0, 0.05) is 112 Å². The van der Waals surface area contributed by atoms with Gasteiger partial charge in [-0.25, -0.2) is 0 Å². The number of carbonyl (C=O) groups excluding carboxylic acids is 1. The van der Waals surface area contributed by atoms with E-state index in [1.54, 1.807) is 48.0 Å². The summed E-state index contributed by atoms with van der Waals surface area (Å²) >= 11 is 4.76. The van der Waals surface area contributed by atoms with Crippen molar-refractivity contribution in [3.05, 3.63) is 158 Å². The summed E-state index contributed by atoms with van der Waals surface area (Å²) in [7, 11) is 1.63. The van der Waals surface area contributed by atoms with Crippen LogP contribution in [0.25, 0.3) is 60.5 Å². The Morgan fingerprint density at radius 3 is 1.32 bits per heavy atom. The number of ether oxygens (including phenoxy) is 2. The maximum atomic E-state index is 12.3. The van der Waals surface area contributed by atoms with Gasteiger partial charge in [-0.2, -0.15) is 0 Å². The number of hydrogen-bond acceptors (Lipinski definition) is 12. The molecular formula is C43H31K2O9S3. The van der Waals surface area contributed by atoms with Crippen LogP contribution in [0.5, 0.6) is 17.2 Å². The maximum Gasteiger partial charge on any atom is 1.00 e. The van der Waals surface area contributed by atoms with Gasteiger partial charge in [0.05, 0.1) is 13.7 Å². The predicted octanol–water partition coefficient (Wildman–Crippen LogP) is 5.41. The molecule has 9 rings (SSSR count). The van der Waals surface area contributed by atoms with Crippen molar-refractivity contribution in [2.24, 2.45) is 0 Å². The van der Waals surface area contributed by atoms with E-state index in [2.05, 4.69) is 4.89 Å². The van der Waals surface area contributed by atoms with Crippen LogP contribution >= 0.6 is 34.0 Å². The summed E-state index contributed by atoms with van der Waals surface area (Å²) in [6.45, 7) is 2.40. The van der Waals surface area contributed by atoms with Crippen LogP contribution in [0.2, 0.25) is 0 Å². The Balaban J connectivity index is 0.000000178. The van der Waals surface area contributed by atoms with Crippen LogP contribution in [-0.4, -0.2) is 76.7 Å². The first-order chi connectivity index (χ1) is 26.8. The van der Waals surface area contributed by atoms with Crippen LogP contribution in [0, 0.1) is 0 Å². The minimum absolute atomic E-state index is 0. The molecule has 6 aromatic carbocycles. The number of benzene rings is 6. The molecule has 1 radical (unpaired) electrons. The first-order valence-corrected chi connectivity index (χ1v) is 19.2. The molecule has 14 heteroatoms. The molecule has 0 saturated carbocycles. The van der Waals surface area contributed by atoms with Gasteiger partial charge in [0.2, 0.25) is 0 Å². The second kappa shape index (κ2) is 22.5. The van der Waals surface area contributed by atoms with Crippen molar-refractivity contribution in [1.82, 2.24) is 0 Å². The zero-order chi connectivity index (χ0) is 38.9. The van der Waals surface area contributed by atoms with E-state index in [4.69, 9.17) is 19.5 Å². The van der Waals surface area contributed by atoms with E-state index in [1.165, 1.54) is 11.3 Å². The molecule has 277 valence electrons. The zero-order valence-electron chi connectivity index (χ0n) is 31.3. The number of rotatable bonds is 4. The van der Waals surface area contributed by atoms with Crippen molar-refractivity contribution in [2.75, 3.05) is 13.7 Å². The van der Waals surface area contributed by atoms with Crippen LogP contribution in [-0.2, 0) is 9.68 Å². The SMILES string of the molecule is CCOc1ccc2c(=O)c3ccccc3sc2c1.COc1ccc2c(=O)c3ccccc3sc2c1.O=CO[O-].O=c1c2ccccc2sc2cc(O)ccc12.[K+].[K]. The van der Waals surface area contributed by atoms with E-state index < -0.39 is 0 Å². The normalized spacial score (nSPS) is 10.2. The van der Waals surface area contributed by atoms with Crippen molar-refractivity contribution in [1.29, 1.82) is 0 Å². The van der Waals surface area contributed by atoms with Crippen molar-refractivity contribution in [3.8, 4) is 17.2 Å². The van der Waals surface area contributed by atoms with E-state index in [9.17, 15) is 19.5 Å². The Bertz CT molecular complexity index is 3000. The molecule has 3 heterocycles. The number of hydrogen-bond donors (Lipinski definition) is 1. The number of aromatic hydroxyl groups is 1. The Kier molecular flexibility index (Phi) is 18.4. The predicted molar refractivity (Wildman–Crippen MR) is 229 cm³/mol. The Morgan fingerprint density at radius 2 is 0.912 bits per heavy atom. The third-order valence-corrected chi connectivity index (χ3v) is 11.6. The van der Waals surface area contributed by atoms with Gasteiger partial charge in [-0.15, -0.1) is 34.0 Å². The van der Waals surface area contributed by atoms with Gasteiger partial charge in [-0.3, -0.25) is 19.2 Å². The van der Waals surface area contributed by atoms with E-state index in [1.807, 2.05) is 116 Å². The van der Waals surface area contributed by atoms with Gasteiger partial charge < -0.3 is 24.7 Å².